The fourth-order valence-electron chi connectivity index (χ4n) is 2.37. The van der Waals surface area contributed by atoms with Crippen LogP contribution >= 0.6 is 0 Å². The van der Waals surface area contributed by atoms with Crippen molar-refractivity contribution in [1.82, 2.24) is 19.9 Å². The van der Waals surface area contributed by atoms with Gasteiger partial charge >= 0.3 is 0 Å². The number of rotatable bonds is 2. The largest absolute Gasteiger partial charge is 0.389 e. The van der Waals surface area contributed by atoms with Gasteiger partial charge in [0.25, 0.3) is 0 Å². The van der Waals surface area contributed by atoms with Crippen LogP contribution in [0.5, 0.6) is 0 Å². The molecule has 3 rings (SSSR count). The molecule has 5 nitrogen and oxygen atoms in total. The van der Waals surface area contributed by atoms with Crippen molar-refractivity contribution in [2.75, 3.05) is 13.1 Å². The Hall–Kier alpha value is -1.46. The Bertz CT molecular complexity index is 483. The van der Waals surface area contributed by atoms with Gasteiger partial charge in [0.15, 0.2) is 5.65 Å². The Morgan fingerprint density at radius 3 is 3.00 bits per heavy atom. The van der Waals surface area contributed by atoms with Crippen molar-refractivity contribution in [2.24, 2.45) is 0 Å². The van der Waals surface area contributed by atoms with Crippen molar-refractivity contribution in [2.45, 2.75) is 24.9 Å². The van der Waals surface area contributed by atoms with Crippen LogP contribution < -0.4 is 5.32 Å². The molecular formula is C12H16N4O. The lowest BCUT2D eigenvalue weighted by atomic mass is 9.88. The highest BCUT2D eigenvalue weighted by Crippen LogP contribution is 2.22. The van der Waals surface area contributed by atoms with Crippen molar-refractivity contribution in [3.05, 3.63) is 30.2 Å². The van der Waals surface area contributed by atoms with Crippen LogP contribution in [0.15, 0.2) is 24.5 Å². The molecule has 0 radical (unpaired) electrons. The monoisotopic (exact) mass is 232 g/mol. The molecule has 17 heavy (non-hydrogen) atoms. The van der Waals surface area contributed by atoms with Crippen LogP contribution in [0.1, 0.15) is 18.5 Å². The fraction of sp³-hybridized carbons (Fsp3) is 0.500. The Kier molecular flexibility index (Phi) is 2.57. The summed E-state index contributed by atoms with van der Waals surface area (Å²) in [5.74, 6) is 0. The summed E-state index contributed by atoms with van der Waals surface area (Å²) in [6.45, 7) is 1.75. The van der Waals surface area contributed by atoms with E-state index in [1.807, 2.05) is 18.3 Å². The van der Waals surface area contributed by atoms with Crippen molar-refractivity contribution in [1.29, 1.82) is 0 Å². The summed E-state index contributed by atoms with van der Waals surface area (Å²) in [5.41, 5.74) is 1.14. The van der Waals surface area contributed by atoms with Crippen LogP contribution in [0.4, 0.5) is 0 Å². The molecule has 2 N–H and O–H groups in total. The molecule has 5 heteroatoms. The molecule has 1 fully saturated rings. The van der Waals surface area contributed by atoms with Crippen LogP contribution in [0.25, 0.3) is 5.65 Å². The Balaban J connectivity index is 1.84. The zero-order chi connectivity index (χ0) is 11.7. The van der Waals surface area contributed by atoms with Gasteiger partial charge in [-0.3, -0.25) is 0 Å². The summed E-state index contributed by atoms with van der Waals surface area (Å²) in [4.78, 5) is 4.22. The zero-order valence-corrected chi connectivity index (χ0v) is 9.63. The molecule has 2 aromatic rings. The average molecular weight is 232 g/mol. The maximum Gasteiger partial charge on any atom is 0.155 e. The summed E-state index contributed by atoms with van der Waals surface area (Å²) >= 11 is 0. The molecule has 0 saturated carbocycles. The van der Waals surface area contributed by atoms with Crippen LogP contribution in [0.3, 0.4) is 0 Å². The molecule has 1 saturated heterocycles. The Morgan fingerprint density at radius 1 is 1.41 bits per heavy atom. The second kappa shape index (κ2) is 4.09. The molecule has 0 spiro atoms. The van der Waals surface area contributed by atoms with Crippen molar-refractivity contribution in [3.8, 4) is 0 Å². The minimum atomic E-state index is -0.608. The van der Waals surface area contributed by atoms with E-state index < -0.39 is 5.60 Å². The molecule has 0 aliphatic carbocycles. The molecule has 1 aliphatic heterocycles. The maximum atomic E-state index is 10.4. The smallest absolute Gasteiger partial charge is 0.155 e. The molecule has 0 unspecified atom stereocenters. The van der Waals surface area contributed by atoms with Gasteiger partial charge in [0.1, 0.15) is 0 Å². The van der Waals surface area contributed by atoms with Gasteiger partial charge < -0.3 is 10.4 Å². The number of nitrogens with zero attached hydrogens (tertiary/aromatic N) is 3. The Morgan fingerprint density at radius 2 is 2.24 bits per heavy atom. The summed E-state index contributed by atoms with van der Waals surface area (Å²) in [6, 6.07) is 3.79. The highest BCUT2D eigenvalue weighted by Gasteiger charge is 2.30. The minimum Gasteiger partial charge on any atom is -0.389 e. The standard InChI is InChI=1S/C12H16N4O/c17-12(2-5-13-6-3-12)9-10-8-11-14-4-1-7-16(11)15-10/h1,4,7-8,13,17H,2-3,5-6,9H2. The predicted molar refractivity (Wildman–Crippen MR) is 63.7 cm³/mol. The van der Waals surface area contributed by atoms with Gasteiger partial charge in [-0.25, -0.2) is 9.50 Å². The van der Waals surface area contributed by atoms with Gasteiger partial charge in [-0.1, -0.05) is 0 Å². The van der Waals surface area contributed by atoms with Gasteiger partial charge in [-0.05, 0) is 32.0 Å². The van der Waals surface area contributed by atoms with E-state index >= 15 is 0 Å². The molecule has 3 heterocycles. The molecule has 2 aromatic heterocycles. The SMILES string of the molecule is OC1(Cc2cc3ncccn3n2)CCNCC1. The first-order chi connectivity index (χ1) is 8.25. The number of aliphatic hydroxyl groups is 1. The fourth-order valence-corrected chi connectivity index (χ4v) is 2.37. The lowest BCUT2D eigenvalue weighted by molar-refractivity contribution is 0.00998. The van der Waals surface area contributed by atoms with Crippen molar-refractivity contribution >= 4 is 5.65 Å². The molecule has 0 atom stereocenters. The molecule has 90 valence electrons. The van der Waals surface area contributed by atoms with E-state index in [0.29, 0.717) is 6.42 Å². The lowest BCUT2D eigenvalue weighted by Gasteiger charge is -2.31. The van der Waals surface area contributed by atoms with Crippen molar-refractivity contribution < 1.29 is 5.11 Å². The second-order valence-corrected chi connectivity index (χ2v) is 4.71. The van der Waals surface area contributed by atoms with E-state index in [1.165, 1.54) is 0 Å². The number of nitrogens with one attached hydrogen (secondary N) is 1. The molecular weight excluding hydrogens is 216 g/mol. The third kappa shape index (κ3) is 2.16. The molecule has 0 bridgehead atoms. The first kappa shape index (κ1) is 10.7. The summed E-state index contributed by atoms with van der Waals surface area (Å²) in [7, 11) is 0. The van der Waals surface area contributed by atoms with Crippen molar-refractivity contribution in [3.63, 3.8) is 0 Å². The topological polar surface area (TPSA) is 62.5 Å². The highest BCUT2D eigenvalue weighted by molar-refractivity contribution is 5.38. The number of hydrogen-bond donors (Lipinski definition) is 2. The highest BCUT2D eigenvalue weighted by atomic mass is 16.3. The minimum absolute atomic E-state index is 0.608. The maximum absolute atomic E-state index is 10.4. The van der Waals surface area contributed by atoms with Crippen LogP contribution in [-0.4, -0.2) is 38.4 Å². The first-order valence-corrected chi connectivity index (χ1v) is 5.98. The van der Waals surface area contributed by atoms with E-state index in [9.17, 15) is 5.11 Å². The average Bonchev–Trinajstić information content (AvgIpc) is 2.71. The van der Waals surface area contributed by atoms with Gasteiger partial charge in [0.2, 0.25) is 0 Å². The van der Waals surface area contributed by atoms with E-state index in [4.69, 9.17) is 0 Å². The van der Waals surface area contributed by atoms with Gasteiger partial charge in [-0.15, -0.1) is 0 Å². The van der Waals surface area contributed by atoms with E-state index in [1.54, 1.807) is 10.7 Å². The van der Waals surface area contributed by atoms with E-state index in [-0.39, 0.29) is 0 Å². The van der Waals surface area contributed by atoms with Gasteiger partial charge in [0.05, 0.1) is 11.3 Å². The normalized spacial score (nSPS) is 19.6. The number of fused-ring (bicyclic) bond motifs is 1. The third-order valence-corrected chi connectivity index (χ3v) is 3.33. The number of hydrogen-bond acceptors (Lipinski definition) is 4. The zero-order valence-electron chi connectivity index (χ0n) is 9.63. The first-order valence-electron chi connectivity index (χ1n) is 5.98. The molecule has 1 aliphatic rings. The molecule has 0 amide bonds. The second-order valence-electron chi connectivity index (χ2n) is 4.71. The van der Waals surface area contributed by atoms with Crippen LogP contribution in [0, 0.1) is 0 Å². The summed E-state index contributed by atoms with van der Waals surface area (Å²) < 4.78 is 1.75. The van der Waals surface area contributed by atoms with Gasteiger partial charge in [-0.2, -0.15) is 5.10 Å². The number of aromatic nitrogens is 3. The van der Waals surface area contributed by atoms with E-state index in [2.05, 4.69) is 15.4 Å². The number of piperidine rings is 1. The van der Waals surface area contributed by atoms with Gasteiger partial charge in [0, 0.05) is 24.9 Å². The Labute approximate surface area is 99.5 Å². The predicted octanol–water partition coefficient (Wildman–Crippen LogP) is 0.386. The summed E-state index contributed by atoms with van der Waals surface area (Å²) in [6.07, 6.45) is 5.80. The summed E-state index contributed by atoms with van der Waals surface area (Å²) in [5, 5.41) is 18.1. The third-order valence-electron chi connectivity index (χ3n) is 3.33. The lowest BCUT2D eigenvalue weighted by Crippen LogP contribution is -2.43. The van der Waals surface area contributed by atoms with E-state index in [0.717, 1.165) is 37.3 Å². The van der Waals surface area contributed by atoms with Crippen LogP contribution in [-0.2, 0) is 6.42 Å². The quantitative estimate of drug-likeness (QED) is 0.786. The molecule has 0 aromatic carbocycles. The van der Waals surface area contributed by atoms with Crippen LogP contribution in [0.2, 0.25) is 0 Å².